The summed E-state index contributed by atoms with van der Waals surface area (Å²) in [5, 5.41) is 0. The molecular weight excluding hydrogens is 192 g/mol. The molecule has 0 radical (unpaired) electrons. The first kappa shape index (κ1) is 13.0. The summed E-state index contributed by atoms with van der Waals surface area (Å²) in [4.78, 5) is 0. The first-order valence-corrected chi connectivity index (χ1v) is 6.21. The van der Waals surface area contributed by atoms with Gasteiger partial charge in [0.15, 0.2) is 0 Å². The van der Waals surface area contributed by atoms with Gasteiger partial charge in [-0.15, -0.1) is 0 Å². The van der Waals surface area contributed by atoms with Crippen LogP contribution in [0.4, 0.5) is 0 Å². The van der Waals surface area contributed by atoms with Gasteiger partial charge in [-0.3, -0.25) is 0 Å². The Hall–Kier alpha value is -1.04. The van der Waals surface area contributed by atoms with E-state index in [4.69, 9.17) is 0 Å². The summed E-state index contributed by atoms with van der Waals surface area (Å²) in [7, 11) is 0. The Kier molecular flexibility index (Phi) is 4.35. The summed E-state index contributed by atoms with van der Waals surface area (Å²) in [5.41, 5.74) is 5.73. The van der Waals surface area contributed by atoms with Crippen LogP contribution in [0.3, 0.4) is 0 Å². The maximum absolute atomic E-state index is 2.28. The molecule has 0 nitrogen and oxygen atoms in total. The molecule has 0 fully saturated rings. The number of hydrogen-bond donors (Lipinski definition) is 0. The van der Waals surface area contributed by atoms with E-state index in [1.807, 2.05) is 0 Å². The van der Waals surface area contributed by atoms with E-state index in [2.05, 4.69) is 65.8 Å². The van der Waals surface area contributed by atoms with Crippen LogP contribution >= 0.6 is 0 Å². The number of rotatable bonds is 3. The Balaban J connectivity index is 3.23. The van der Waals surface area contributed by atoms with Crippen molar-refractivity contribution in [1.29, 1.82) is 0 Å². The van der Waals surface area contributed by atoms with Gasteiger partial charge in [0.05, 0.1) is 0 Å². The third-order valence-electron chi connectivity index (χ3n) is 3.23. The van der Waals surface area contributed by atoms with Crippen LogP contribution in [0, 0.1) is 18.8 Å². The fraction of sp³-hybridized carbons (Fsp3) is 0.500. The van der Waals surface area contributed by atoms with Gasteiger partial charge in [0.2, 0.25) is 0 Å². The van der Waals surface area contributed by atoms with Crippen molar-refractivity contribution >= 4 is 5.57 Å². The first-order valence-electron chi connectivity index (χ1n) is 6.21. The van der Waals surface area contributed by atoms with Gasteiger partial charge in [-0.2, -0.15) is 0 Å². The Bertz CT molecular complexity index is 364. The predicted octanol–water partition coefficient (Wildman–Crippen LogP) is 5.08. The number of hydrogen-bond acceptors (Lipinski definition) is 0. The fourth-order valence-corrected chi connectivity index (χ4v) is 2.06. The number of aryl methyl sites for hydroxylation is 1. The van der Waals surface area contributed by atoms with Gasteiger partial charge in [0.25, 0.3) is 0 Å². The minimum absolute atomic E-state index is 0.588. The van der Waals surface area contributed by atoms with Gasteiger partial charge in [0.1, 0.15) is 0 Å². The SMILES string of the molecule is C/C(=C(\c1ccc(C)cc1)C(C)C)C(C)C. The van der Waals surface area contributed by atoms with E-state index in [0.717, 1.165) is 0 Å². The van der Waals surface area contributed by atoms with E-state index in [-0.39, 0.29) is 0 Å². The molecule has 0 aliphatic carbocycles. The maximum Gasteiger partial charge on any atom is -0.0213 e. The van der Waals surface area contributed by atoms with E-state index >= 15 is 0 Å². The molecule has 0 aromatic heterocycles. The fourth-order valence-electron chi connectivity index (χ4n) is 2.06. The van der Waals surface area contributed by atoms with E-state index in [9.17, 15) is 0 Å². The largest absolute Gasteiger partial charge is 0.0667 e. The Labute approximate surface area is 100 Å². The zero-order chi connectivity index (χ0) is 12.3. The molecule has 0 aliphatic rings. The lowest BCUT2D eigenvalue weighted by molar-refractivity contribution is 0.745. The third-order valence-corrected chi connectivity index (χ3v) is 3.23. The topological polar surface area (TPSA) is 0 Å². The Morgan fingerprint density at radius 1 is 0.875 bits per heavy atom. The highest BCUT2D eigenvalue weighted by atomic mass is 14.2. The maximum atomic E-state index is 2.28. The lowest BCUT2D eigenvalue weighted by Gasteiger charge is -2.19. The molecule has 88 valence electrons. The van der Waals surface area contributed by atoms with Crippen LogP contribution in [0.5, 0.6) is 0 Å². The third kappa shape index (κ3) is 2.98. The van der Waals surface area contributed by atoms with Crippen molar-refractivity contribution in [1.82, 2.24) is 0 Å². The predicted molar refractivity (Wildman–Crippen MR) is 73.4 cm³/mol. The second kappa shape index (κ2) is 5.34. The summed E-state index contributed by atoms with van der Waals surface area (Å²) in [5.74, 6) is 1.21. The van der Waals surface area contributed by atoms with Gasteiger partial charge in [-0.05, 0) is 36.8 Å². The second-order valence-electron chi connectivity index (χ2n) is 5.27. The Morgan fingerprint density at radius 3 is 1.75 bits per heavy atom. The highest BCUT2D eigenvalue weighted by Crippen LogP contribution is 2.30. The van der Waals surface area contributed by atoms with Crippen LogP contribution in [0.1, 0.15) is 45.7 Å². The minimum atomic E-state index is 0.588. The lowest BCUT2D eigenvalue weighted by atomic mass is 9.86. The average molecular weight is 216 g/mol. The smallest absolute Gasteiger partial charge is 0.0213 e. The van der Waals surface area contributed by atoms with Crippen molar-refractivity contribution in [2.45, 2.75) is 41.5 Å². The highest BCUT2D eigenvalue weighted by Gasteiger charge is 2.12. The van der Waals surface area contributed by atoms with E-state index in [1.165, 1.54) is 22.3 Å². The van der Waals surface area contributed by atoms with Crippen LogP contribution in [-0.2, 0) is 0 Å². The molecule has 1 aromatic rings. The molecule has 0 bridgehead atoms. The zero-order valence-electron chi connectivity index (χ0n) is 11.5. The molecule has 0 saturated heterocycles. The second-order valence-corrected chi connectivity index (χ2v) is 5.27. The van der Waals surface area contributed by atoms with Gasteiger partial charge in [-0.1, -0.05) is 63.1 Å². The zero-order valence-corrected chi connectivity index (χ0v) is 11.5. The molecule has 0 N–H and O–H groups in total. The van der Waals surface area contributed by atoms with Gasteiger partial charge >= 0.3 is 0 Å². The molecule has 0 unspecified atom stereocenters. The summed E-state index contributed by atoms with van der Waals surface area (Å²) >= 11 is 0. The summed E-state index contributed by atoms with van der Waals surface area (Å²) in [6, 6.07) is 8.89. The highest BCUT2D eigenvalue weighted by molar-refractivity contribution is 5.70. The van der Waals surface area contributed by atoms with Crippen LogP contribution in [0.2, 0.25) is 0 Å². The molecule has 0 saturated carbocycles. The molecule has 1 aromatic carbocycles. The van der Waals surface area contributed by atoms with Crippen molar-refractivity contribution in [3.05, 3.63) is 41.0 Å². The molecule has 16 heavy (non-hydrogen) atoms. The van der Waals surface area contributed by atoms with Crippen molar-refractivity contribution < 1.29 is 0 Å². The summed E-state index contributed by atoms with van der Waals surface area (Å²) in [6.07, 6.45) is 0. The van der Waals surface area contributed by atoms with Gasteiger partial charge in [0, 0.05) is 0 Å². The van der Waals surface area contributed by atoms with E-state index < -0.39 is 0 Å². The molecule has 0 amide bonds. The molecular formula is C16H24. The summed E-state index contributed by atoms with van der Waals surface area (Å²) in [6.45, 7) is 13.5. The van der Waals surface area contributed by atoms with Crippen molar-refractivity contribution in [2.24, 2.45) is 11.8 Å². The average Bonchev–Trinajstić information content (AvgIpc) is 2.20. The quantitative estimate of drug-likeness (QED) is 0.661. The van der Waals surface area contributed by atoms with Crippen LogP contribution in [0.25, 0.3) is 5.57 Å². The van der Waals surface area contributed by atoms with E-state index in [0.29, 0.717) is 11.8 Å². The molecule has 0 spiro atoms. The number of allylic oxidation sites excluding steroid dienone is 2. The van der Waals surface area contributed by atoms with Gasteiger partial charge < -0.3 is 0 Å². The molecule has 0 aliphatic heterocycles. The minimum Gasteiger partial charge on any atom is -0.0667 e. The molecule has 0 heteroatoms. The first-order chi connectivity index (χ1) is 7.43. The summed E-state index contributed by atoms with van der Waals surface area (Å²) < 4.78 is 0. The molecule has 0 heterocycles. The Morgan fingerprint density at radius 2 is 1.38 bits per heavy atom. The lowest BCUT2D eigenvalue weighted by Crippen LogP contribution is -2.02. The monoisotopic (exact) mass is 216 g/mol. The van der Waals surface area contributed by atoms with Crippen LogP contribution < -0.4 is 0 Å². The number of benzene rings is 1. The van der Waals surface area contributed by atoms with Crippen molar-refractivity contribution in [3.63, 3.8) is 0 Å². The van der Waals surface area contributed by atoms with Crippen LogP contribution in [0.15, 0.2) is 29.8 Å². The normalized spacial score (nSPS) is 13.2. The molecule has 0 atom stereocenters. The standard InChI is InChI=1S/C16H24/c1-11(2)14(6)16(12(3)4)15-9-7-13(5)8-10-15/h7-12H,1-6H3/b16-14+. The van der Waals surface area contributed by atoms with E-state index in [1.54, 1.807) is 0 Å². The molecule has 1 rings (SSSR count). The van der Waals surface area contributed by atoms with Crippen molar-refractivity contribution in [2.75, 3.05) is 0 Å². The van der Waals surface area contributed by atoms with Crippen molar-refractivity contribution in [3.8, 4) is 0 Å². The van der Waals surface area contributed by atoms with Gasteiger partial charge in [-0.25, -0.2) is 0 Å². The van der Waals surface area contributed by atoms with Crippen LogP contribution in [-0.4, -0.2) is 0 Å².